The van der Waals surface area contributed by atoms with E-state index >= 15 is 0 Å². The lowest BCUT2D eigenvalue weighted by atomic mass is 10.1. The van der Waals surface area contributed by atoms with E-state index in [1.54, 1.807) is 35.2 Å². The maximum atomic E-state index is 13.0. The molecule has 11 nitrogen and oxygen atoms in total. The number of aromatic nitrogens is 4. The van der Waals surface area contributed by atoms with Gasteiger partial charge in [0, 0.05) is 6.42 Å². The number of imidazole rings is 1. The van der Waals surface area contributed by atoms with Gasteiger partial charge in [-0.1, -0.05) is 48.7 Å². The van der Waals surface area contributed by atoms with Crippen LogP contribution in [0.4, 0.5) is 5.95 Å². The molecule has 0 spiro atoms. The highest BCUT2D eigenvalue weighted by Gasteiger charge is 2.41. The Hall–Kier alpha value is -4.51. The second-order valence-corrected chi connectivity index (χ2v) is 10.1. The fourth-order valence-electron chi connectivity index (χ4n) is 4.53. The van der Waals surface area contributed by atoms with Crippen LogP contribution in [0, 0.1) is 13.8 Å². The van der Waals surface area contributed by atoms with Crippen molar-refractivity contribution in [3.63, 3.8) is 0 Å². The van der Waals surface area contributed by atoms with Crippen molar-refractivity contribution in [1.29, 1.82) is 0 Å². The highest BCUT2D eigenvalue weighted by atomic mass is 16.6. The molecule has 0 saturated carbocycles. The minimum atomic E-state index is -0.736. The summed E-state index contributed by atoms with van der Waals surface area (Å²) in [6.07, 6.45) is 1.55. The number of hydrogen-bond donors (Lipinski definition) is 1. The molecule has 0 aliphatic carbocycles. The number of carbonyl (C=O) groups excluding carboxylic acids is 2. The van der Waals surface area contributed by atoms with Crippen molar-refractivity contribution in [2.75, 3.05) is 18.9 Å². The largest absolute Gasteiger partial charge is 0.476 e. The second-order valence-electron chi connectivity index (χ2n) is 10.1. The summed E-state index contributed by atoms with van der Waals surface area (Å²) in [7, 11) is 0. The number of rotatable bonds is 10. The Balaban J connectivity index is 1.39. The molecule has 0 unspecified atom stereocenters. The number of unbranched alkanes of at least 4 members (excludes halogenated alkanes) is 1. The third-order valence-corrected chi connectivity index (χ3v) is 6.85. The molecule has 0 bridgehead atoms. The molecule has 11 heteroatoms. The van der Waals surface area contributed by atoms with Gasteiger partial charge in [0.25, 0.3) is 0 Å². The monoisotopic (exact) mass is 559 g/mol. The Morgan fingerprint density at radius 3 is 2.32 bits per heavy atom. The molecule has 1 aliphatic rings. The van der Waals surface area contributed by atoms with Crippen molar-refractivity contribution in [1.82, 2.24) is 19.5 Å². The van der Waals surface area contributed by atoms with Crippen molar-refractivity contribution < 1.29 is 28.5 Å². The number of nitrogens with zero attached hydrogens (tertiary/aromatic N) is 4. The summed E-state index contributed by atoms with van der Waals surface area (Å²) in [5.41, 5.74) is 9.65. The summed E-state index contributed by atoms with van der Waals surface area (Å²) in [4.78, 5) is 38.7. The van der Waals surface area contributed by atoms with E-state index in [0.29, 0.717) is 34.8 Å². The van der Waals surface area contributed by atoms with Crippen LogP contribution >= 0.6 is 0 Å². The Bertz CT molecular complexity index is 1520. The zero-order chi connectivity index (χ0) is 28.9. The first kappa shape index (κ1) is 28.0. The molecule has 2 aromatic heterocycles. The van der Waals surface area contributed by atoms with Gasteiger partial charge in [0.2, 0.25) is 11.8 Å². The van der Waals surface area contributed by atoms with Crippen LogP contribution in [0.5, 0.6) is 5.88 Å². The van der Waals surface area contributed by atoms with E-state index in [2.05, 4.69) is 21.9 Å². The summed E-state index contributed by atoms with van der Waals surface area (Å²) >= 11 is 0. The summed E-state index contributed by atoms with van der Waals surface area (Å²) in [6.45, 7) is 6.27. The summed E-state index contributed by atoms with van der Waals surface area (Å²) < 4.78 is 25.5. The van der Waals surface area contributed by atoms with Crippen LogP contribution in [0.25, 0.3) is 11.2 Å². The lowest BCUT2D eigenvalue weighted by Gasteiger charge is -2.19. The molecule has 0 amide bonds. The molecule has 3 heterocycles. The third kappa shape index (κ3) is 6.46. The highest BCUT2D eigenvalue weighted by Crippen LogP contribution is 2.36. The molecule has 2 N–H and O–H groups in total. The topological polar surface area (TPSA) is 141 Å². The summed E-state index contributed by atoms with van der Waals surface area (Å²) in [5.74, 6) is -0.648. The minimum absolute atomic E-state index is 0.0485. The average Bonchev–Trinajstić information content (AvgIpc) is 3.56. The van der Waals surface area contributed by atoms with Gasteiger partial charge < -0.3 is 24.7 Å². The molecule has 3 atom stereocenters. The van der Waals surface area contributed by atoms with Gasteiger partial charge in [0.1, 0.15) is 25.0 Å². The van der Waals surface area contributed by atoms with E-state index in [-0.39, 0.29) is 19.0 Å². The second kappa shape index (κ2) is 12.3. The lowest BCUT2D eigenvalue weighted by Crippen LogP contribution is -2.32. The number of esters is 2. The average molecular weight is 560 g/mol. The van der Waals surface area contributed by atoms with Crippen molar-refractivity contribution in [3.8, 4) is 5.88 Å². The number of nitrogens with two attached hydrogens (primary N) is 1. The van der Waals surface area contributed by atoms with Crippen LogP contribution < -0.4 is 10.5 Å². The number of nitrogen functional groups attached to an aromatic ring is 1. The standard InChI is InChI=1S/C30H33N5O6/c1-4-5-14-38-27-25-26(33-30(31)34-27)32-17-35(25)24-15-22(41-29(37)21-12-8-19(3)9-13-21)23(40-24)16-39-28(36)20-10-6-18(2)7-11-20/h6-13,17,22-24H,4-5,14-16H2,1-3H3,(H2,31,33,34)/t22-,23+,24+/m0/s1. The predicted octanol–water partition coefficient (Wildman–Crippen LogP) is 4.57. The molecule has 2 aromatic carbocycles. The Labute approximate surface area is 237 Å². The summed E-state index contributed by atoms with van der Waals surface area (Å²) in [6, 6.07) is 14.2. The predicted molar refractivity (Wildman–Crippen MR) is 151 cm³/mol. The number of carbonyl (C=O) groups is 2. The molecule has 5 rings (SSSR count). The van der Waals surface area contributed by atoms with Crippen LogP contribution in [0.15, 0.2) is 54.9 Å². The molecular formula is C30H33N5O6. The highest BCUT2D eigenvalue weighted by molar-refractivity contribution is 5.90. The van der Waals surface area contributed by atoms with Gasteiger partial charge in [-0.3, -0.25) is 4.57 Å². The van der Waals surface area contributed by atoms with Gasteiger partial charge in [0.05, 0.1) is 24.1 Å². The molecule has 0 radical (unpaired) electrons. The molecule has 1 saturated heterocycles. The zero-order valence-corrected chi connectivity index (χ0v) is 23.3. The molecule has 214 valence electrons. The number of hydrogen-bond acceptors (Lipinski definition) is 10. The zero-order valence-electron chi connectivity index (χ0n) is 23.3. The number of fused-ring (bicyclic) bond motifs is 1. The van der Waals surface area contributed by atoms with E-state index in [1.165, 1.54) is 0 Å². The van der Waals surface area contributed by atoms with E-state index in [1.807, 2.05) is 38.1 Å². The minimum Gasteiger partial charge on any atom is -0.476 e. The van der Waals surface area contributed by atoms with Crippen LogP contribution in [-0.4, -0.2) is 56.9 Å². The van der Waals surface area contributed by atoms with Crippen molar-refractivity contribution in [3.05, 3.63) is 77.1 Å². The fraction of sp³-hybridized carbons (Fsp3) is 0.367. The number of benzene rings is 2. The SMILES string of the molecule is CCCCOc1nc(N)nc2ncn([C@H]3C[C@H](OC(=O)c4ccc(C)cc4)[C@@H](COC(=O)c4ccc(C)cc4)O3)c12. The molecular weight excluding hydrogens is 526 g/mol. The first-order chi connectivity index (χ1) is 19.8. The molecule has 1 aliphatic heterocycles. The van der Waals surface area contributed by atoms with Crippen LogP contribution in [-0.2, 0) is 14.2 Å². The number of anilines is 1. The number of aryl methyl sites for hydroxylation is 2. The van der Waals surface area contributed by atoms with Crippen molar-refractivity contribution >= 4 is 29.1 Å². The first-order valence-electron chi connectivity index (χ1n) is 13.6. The first-order valence-corrected chi connectivity index (χ1v) is 13.6. The Morgan fingerprint density at radius 1 is 1.00 bits per heavy atom. The molecule has 1 fully saturated rings. The fourth-order valence-corrected chi connectivity index (χ4v) is 4.53. The van der Waals surface area contributed by atoms with Crippen molar-refractivity contribution in [2.45, 2.75) is 58.5 Å². The van der Waals surface area contributed by atoms with Gasteiger partial charge in [-0.25, -0.2) is 14.6 Å². The van der Waals surface area contributed by atoms with E-state index in [0.717, 1.165) is 24.0 Å². The van der Waals surface area contributed by atoms with Crippen molar-refractivity contribution in [2.24, 2.45) is 0 Å². The molecule has 41 heavy (non-hydrogen) atoms. The Morgan fingerprint density at radius 2 is 1.66 bits per heavy atom. The molecule has 4 aromatic rings. The van der Waals surface area contributed by atoms with Gasteiger partial charge in [-0.05, 0) is 44.5 Å². The van der Waals surface area contributed by atoms with Crippen LogP contribution in [0.1, 0.15) is 64.3 Å². The summed E-state index contributed by atoms with van der Waals surface area (Å²) in [5, 5.41) is 0. The quantitative estimate of drug-likeness (QED) is 0.217. The normalized spacial score (nSPS) is 18.4. The van der Waals surface area contributed by atoms with E-state index in [4.69, 9.17) is 24.7 Å². The van der Waals surface area contributed by atoms with Gasteiger partial charge in [0.15, 0.2) is 11.2 Å². The van der Waals surface area contributed by atoms with Gasteiger partial charge in [-0.15, -0.1) is 0 Å². The van der Waals surface area contributed by atoms with Gasteiger partial charge in [-0.2, -0.15) is 9.97 Å². The Kier molecular flexibility index (Phi) is 8.44. The van der Waals surface area contributed by atoms with E-state index in [9.17, 15) is 9.59 Å². The van der Waals surface area contributed by atoms with Crippen LogP contribution in [0.2, 0.25) is 0 Å². The lowest BCUT2D eigenvalue weighted by molar-refractivity contribution is -0.0562. The maximum absolute atomic E-state index is 13.0. The number of ether oxygens (including phenoxy) is 4. The maximum Gasteiger partial charge on any atom is 0.338 e. The third-order valence-electron chi connectivity index (χ3n) is 6.85. The van der Waals surface area contributed by atoms with E-state index < -0.39 is 30.4 Å². The van der Waals surface area contributed by atoms with Crippen LogP contribution in [0.3, 0.4) is 0 Å². The van der Waals surface area contributed by atoms with Gasteiger partial charge >= 0.3 is 11.9 Å². The smallest absolute Gasteiger partial charge is 0.338 e.